The van der Waals surface area contributed by atoms with Crippen molar-refractivity contribution < 1.29 is 115 Å². The van der Waals surface area contributed by atoms with Crippen molar-refractivity contribution in [3.8, 4) is 0 Å². The maximum absolute atomic E-state index is 12.7. The Labute approximate surface area is 456 Å². The summed E-state index contributed by atoms with van der Waals surface area (Å²) in [7, 11) is 0. The molecule has 8 rings (SSSR count). The van der Waals surface area contributed by atoms with Gasteiger partial charge in [0, 0.05) is 23.4 Å². The van der Waals surface area contributed by atoms with Gasteiger partial charge in [-0.25, -0.2) is 0 Å². The number of allylic oxidation sites excluding steroid dienone is 1. The van der Waals surface area contributed by atoms with Crippen LogP contribution in [0.5, 0.6) is 0 Å². The number of fused-ring (bicyclic) bond motifs is 5. The zero-order chi connectivity index (χ0) is 57.5. The van der Waals surface area contributed by atoms with Crippen LogP contribution in [0, 0.1) is 51.2 Å². The first-order valence-corrected chi connectivity index (χ1v) is 28.4. The fraction of sp³-hybridized carbons (Fsp3) is 0.964. The van der Waals surface area contributed by atoms with E-state index in [0.717, 1.165) is 19.3 Å². The molecule has 3 saturated carbocycles. The molecule has 4 aliphatic heterocycles. The SMILES string of the molecule is C[C@H](CC[C@@H](O[C@@H]1O[C@H](CO)[C@@H](C2O[C@H](CO)[C@@H](O)[C@H](O)[C@H]2O)[C@H](O)[C@H]1O[C@@H]1O[C@H](CO)[C@@H](O)[C@H](O)[C@H]1O)C(C)(C)O)C1CC[C@@]2(C)C3CC=C4C(CC[C@H](O[C@@H]5O[C@H](CCO)[C@@H](O)[C@H](O)[C@H]5O)C4(C)C)[C@]3(C)[C@H](O)C[C@]12C. The summed E-state index contributed by atoms with van der Waals surface area (Å²) >= 11 is 0. The van der Waals surface area contributed by atoms with Crippen molar-refractivity contribution in [1.82, 2.24) is 0 Å². The normalized spacial score (nSPS) is 51.4. The first-order chi connectivity index (χ1) is 36.5. The monoisotopic (exact) mass is 1120 g/mol. The number of rotatable bonds is 17. The third-order valence-electron chi connectivity index (χ3n) is 21.3. The highest BCUT2D eigenvalue weighted by Crippen LogP contribution is 2.75. The van der Waals surface area contributed by atoms with Gasteiger partial charge in [-0.3, -0.25) is 0 Å². The van der Waals surface area contributed by atoms with E-state index in [2.05, 4.69) is 47.6 Å². The predicted octanol–water partition coefficient (Wildman–Crippen LogP) is -2.57. The molecule has 0 aromatic rings. The van der Waals surface area contributed by atoms with Gasteiger partial charge in [-0.05, 0) is 106 Å². The van der Waals surface area contributed by atoms with Gasteiger partial charge in [0.05, 0.1) is 68.1 Å². The van der Waals surface area contributed by atoms with Crippen molar-refractivity contribution in [2.24, 2.45) is 51.2 Å². The van der Waals surface area contributed by atoms with Gasteiger partial charge in [-0.2, -0.15) is 0 Å². The number of hydrogen-bond donors (Lipinski definition) is 16. The fourth-order valence-electron chi connectivity index (χ4n) is 16.4. The van der Waals surface area contributed by atoms with E-state index in [9.17, 15) is 81.7 Å². The van der Waals surface area contributed by atoms with Crippen LogP contribution in [0.1, 0.15) is 113 Å². The largest absolute Gasteiger partial charge is 0.396 e. The van der Waals surface area contributed by atoms with E-state index in [1.807, 2.05) is 0 Å². The molecule has 16 N–H and O–H groups in total. The Hall–Kier alpha value is -1.18. The Morgan fingerprint density at radius 3 is 1.76 bits per heavy atom. The van der Waals surface area contributed by atoms with Gasteiger partial charge in [0.25, 0.3) is 0 Å². The van der Waals surface area contributed by atoms with E-state index in [4.69, 9.17) is 33.2 Å². The van der Waals surface area contributed by atoms with E-state index >= 15 is 0 Å². The second-order valence-corrected chi connectivity index (χ2v) is 26.2. The zero-order valence-corrected chi connectivity index (χ0v) is 46.4. The maximum atomic E-state index is 12.7. The van der Waals surface area contributed by atoms with Crippen LogP contribution in [-0.2, 0) is 33.2 Å². The van der Waals surface area contributed by atoms with Crippen molar-refractivity contribution in [3.63, 3.8) is 0 Å². The molecule has 0 aromatic carbocycles. The molecule has 0 bridgehead atoms. The highest BCUT2D eigenvalue weighted by Gasteiger charge is 2.70. The lowest BCUT2D eigenvalue weighted by Gasteiger charge is -2.67. The molecule has 23 nitrogen and oxygen atoms in total. The van der Waals surface area contributed by atoms with Crippen LogP contribution < -0.4 is 0 Å². The van der Waals surface area contributed by atoms with E-state index in [1.54, 1.807) is 0 Å². The zero-order valence-electron chi connectivity index (χ0n) is 46.4. The van der Waals surface area contributed by atoms with E-state index in [1.165, 1.54) is 19.4 Å². The third kappa shape index (κ3) is 10.7. The minimum Gasteiger partial charge on any atom is -0.396 e. The van der Waals surface area contributed by atoms with Crippen LogP contribution in [0.3, 0.4) is 0 Å². The van der Waals surface area contributed by atoms with Crippen LogP contribution in [0.25, 0.3) is 0 Å². The molecule has 7 fully saturated rings. The number of hydrogen-bond acceptors (Lipinski definition) is 23. The Balaban J connectivity index is 1.00. The summed E-state index contributed by atoms with van der Waals surface area (Å²) in [4.78, 5) is 0. The maximum Gasteiger partial charge on any atom is 0.187 e. The van der Waals surface area contributed by atoms with Gasteiger partial charge < -0.3 is 115 Å². The van der Waals surface area contributed by atoms with Crippen LogP contribution in [-0.4, -0.2) is 249 Å². The topological polar surface area (TPSA) is 388 Å². The van der Waals surface area contributed by atoms with Gasteiger partial charge in [0.2, 0.25) is 0 Å². The van der Waals surface area contributed by atoms with Crippen LogP contribution in [0.2, 0.25) is 0 Å². The average Bonchev–Trinajstić information content (AvgIpc) is 2.48. The van der Waals surface area contributed by atoms with Crippen LogP contribution in [0.4, 0.5) is 0 Å². The molecule has 4 saturated heterocycles. The lowest BCUT2D eigenvalue weighted by Crippen LogP contribution is -2.69. The van der Waals surface area contributed by atoms with Crippen molar-refractivity contribution in [2.45, 2.75) is 254 Å². The Bertz CT molecular complexity index is 2020. The summed E-state index contributed by atoms with van der Waals surface area (Å²) in [5.41, 5.74) is -2.02. The number of ether oxygens (including phenoxy) is 7. The predicted molar refractivity (Wildman–Crippen MR) is 271 cm³/mol. The summed E-state index contributed by atoms with van der Waals surface area (Å²) in [6.07, 6.45) is -25.5. The minimum atomic E-state index is -1.95. The molecular weight excluding hydrogens is 1030 g/mol. The van der Waals surface area contributed by atoms with E-state index < -0.39 is 177 Å². The highest BCUT2D eigenvalue weighted by atomic mass is 16.8. The first kappa shape index (κ1) is 62.9. The molecule has 4 aliphatic carbocycles. The summed E-state index contributed by atoms with van der Waals surface area (Å²) in [5.74, 6) is -1.24. The smallest absolute Gasteiger partial charge is 0.187 e. The van der Waals surface area contributed by atoms with Crippen molar-refractivity contribution in [1.29, 1.82) is 0 Å². The van der Waals surface area contributed by atoms with Gasteiger partial charge in [0.15, 0.2) is 18.9 Å². The summed E-state index contributed by atoms with van der Waals surface area (Å²) < 4.78 is 43.0. The van der Waals surface area contributed by atoms with Gasteiger partial charge in [0.1, 0.15) is 73.2 Å². The third-order valence-corrected chi connectivity index (χ3v) is 21.3. The molecular formula is C55H94O23. The lowest BCUT2D eigenvalue weighted by atomic mass is 9.38. The van der Waals surface area contributed by atoms with Crippen LogP contribution >= 0.6 is 0 Å². The molecule has 8 aliphatic rings. The van der Waals surface area contributed by atoms with Gasteiger partial charge in [-0.15, -0.1) is 0 Å². The molecule has 0 radical (unpaired) electrons. The lowest BCUT2D eigenvalue weighted by molar-refractivity contribution is -0.381. The van der Waals surface area contributed by atoms with E-state index in [0.29, 0.717) is 25.7 Å². The second kappa shape index (κ2) is 23.7. The molecule has 0 spiro atoms. The minimum absolute atomic E-state index is 0.0109. The Morgan fingerprint density at radius 2 is 1.17 bits per heavy atom. The summed E-state index contributed by atoms with van der Waals surface area (Å²) in [6.45, 7) is 13.6. The van der Waals surface area contributed by atoms with Crippen LogP contribution in [0.15, 0.2) is 11.6 Å². The molecule has 4 heterocycles. The summed E-state index contributed by atoms with van der Waals surface area (Å²) in [5, 5.41) is 174. The molecule has 452 valence electrons. The first-order valence-electron chi connectivity index (χ1n) is 28.4. The molecule has 30 atom stereocenters. The summed E-state index contributed by atoms with van der Waals surface area (Å²) in [6, 6.07) is 0. The molecule has 23 heteroatoms. The Morgan fingerprint density at radius 1 is 0.615 bits per heavy atom. The quantitative estimate of drug-likeness (QED) is 0.0666. The Kier molecular flexibility index (Phi) is 19.1. The molecule has 0 aromatic heterocycles. The fourth-order valence-corrected chi connectivity index (χ4v) is 16.4. The number of aliphatic hydroxyl groups is 16. The van der Waals surface area contributed by atoms with E-state index in [-0.39, 0.29) is 54.0 Å². The highest BCUT2D eigenvalue weighted by molar-refractivity contribution is 5.32. The van der Waals surface area contributed by atoms with Gasteiger partial charge >= 0.3 is 0 Å². The van der Waals surface area contributed by atoms with Crippen molar-refractivity contribution in [2.75, 3.05) is 26.4 Å². The molecule has 4 unspecified atom stereocenters. The molecule has 78 heavy (non-hydrogen) atoms. The average molecular weight is 1120 g/mol. The number of aliphatic hydroxyl groups excluding tert-OH is 15. The second-order valence-electron chi connectivity index (χ2n) is 26.2. The standard InChI is InChI=1S/C55H94O23/c1-23(24-15-17-53(6)31-12-10-25-26(55(31,8)32(60)19-54(24,53)7)11-14-33(51(25,2)3)76-48-44(69)41(66)36(61)27(73-48)16-18-56)9-13-34(52(4,5)71)77-50-47(78-49-45(70)42(67)38(63)30(22-59)75-49)39(64)35(28(20-57)74-50)46-43(68)40(65)37(62)29(21-58)72-46/h10,23-24,26-50,56-71H,9,11-22H2,1-8H3/t23-,24?,26?,27-,28-,29-,30-,31?,32-,33+,34-,35-,36-,37-,38-,39+,40+,41+,42+,43-,44-,45-,46?,47-,48+,49+,50+,53+,54-,55+/m1/s1. The van der Waals surface area contributed by atoms with Gasteiger partial charge in [-0.1, -0.05) is 53.2 Å². The van der Waals surface area contributed by atoms with Crippen molar-refractivity contribution in [3.05, 3.63) is 11.6 Å². The van der Waals surface area contributed by atoms with Crippen molar-refractivity contribution >= 4 is 0 Å². The molecule has 0 amide bonds.